The second-order valence-electron chi connectivity index (χ2n) is 5.63. The van der Waals surface area contributed by atoms with Gasteiger partial charge >= 0.3 is 5.97 Å². The van der Waals surface area contributed by atoms with Crippen molar-refractivity contribution in [3.63, 3.8) is 0 Å². The molecule has 2 atom stereocenters. The van der Waals surface area contributed by atoms with Crippen LogP contribution in [0.3, 0.4) is 0 Å². The molecule has 3 nitrogen and oxygen atoms in total. The van der Waals surface area contributed by atoms with Crippen molar-refractivity contribution in [3.8, 4) is 0 Å². The fourth-order valence-electron chi connectivity index (χ4n) is 3.43. The zero-order valence-electron chi connectivity index (χ0n) is 10.9. The summed E-state index contributed by atoms with van der Waals surface area (Å²) in [6, 6.07) is 0. The van der Waals surface area contributed by atoms with Crippen molar-refractivity contribution in [2.24, 2.45) is 5.92 Å². The summed E-state index contributed by atoms with van der Waals surface area (Å²) < 4.78 is 5.56. The molecule has 3 rings (SSSR count). The Morgan fingerprint density at radius 1 is 1.22 bits per heavy atom. The molecule has 0 aromatic rings. The first-order valence-electron chi connectivity index (χ1n) is 7.10. The lowest BCUT2D eigenvalue weighted by molar-refractivity contribution is -0.140. The summed E-state index contributed by atoms with van der Waals surface area (Å²) in [6.07, 6.45) is 8.77. The molecule has 3 heteroatoms. The Balaban J connectivity index is 1.79. The standard InChI is InChI=1S/C15H21NO2/c1-11-6-2-3-7-12(11)15-13(10-14(17)18-15)16-8-4-5-9-16/h10,12,15H,1-9H2/t12-,15+/m0/s1. The van der Waals surface area contributed by atoms with Crippen LogP contribution in [0.1, 0.15) is 38.5 Å². The highest BCUT2D eigenvalue weighted by atomic mass is 16.5. The van der Waals surface area contributed by atoms with Gasteiger partial charge in [0.2, 0.25) is 0 Å². The van der Waals surface area contributed by atoms with Gasteiger partial charge in [0.1, 0.15) is 6.10 Å². The van der Waals surface area contributed by atoms with Crippen LogP contribution >= 0.6 is 0 Å². The third kappa shape index (κ3) is 2.06. The van der Waals surface area contributed by atoms with Crippen LogP contribution < -0.4 is 0 Å². The molecule has 0 bridgehead atoms. The molecule has 1 saturated carbocycles. The summed E-state index contributed by atoms with van der Waals surface area (Å²) >= 11 is 0. The number of esters is 1. The third-order valence-corrected chi connectivity index (χ3v) is 4.42. The fourth-order valence-corrected chi connectivity index (χ4v) is 3.43. The Morgan fingerprint density at radius 3 is 2.72 bits per heavy atom. The normalized spacial score (nSPS) is 32.7. The van der Waals surface area contributed by atoms with Crippen molar-refractivity contribution in [2.45, 2.75) is 44.6 Å². The van der Waals surface area contributed by atoms with E-state index in [1.165, 1.54) is 31.3 Å². The molecule has 0 spiro atoms. The number of rotatable bonds is 2. The Labute approximate surface area is 108 Å². The highest BCUT2D eigenvalue weighted by Gasteiger charge is 2.38. The monoisotopic (exact) mass is 247 g/mol. The Morgan fingerprint density at radius 2 is 2.00 bits per heavy atom. The maximum absolute atomic E-state index is 11.6. The highest BCUT2D eigenvalue weighted by Crippen LogP contribution is 2.38. The number of cyclic esters (lactones) is 1. The molecule has 98 valence electrons. The summed E-state index contributed by atoms with van der Waals surface area (Å²) in [5.74, 6) is 0.178. The highest BCUT2D eigenvalue weighted by molar-refractivity contribution is 5.85. The van der Waals surface area contributed by atoms with E-state index >= 15 is 0 Å². The van der Waals surface area contributed by atoms with Crippen molar-refractivity contribution < 1.29 is 9.53 Å². The zero-order valence-corrected chi connectivity index (χ0v) is 10.9. The van der Waals surface area contributed by atoms with Crippen molar-refractivity contribution in [1.82, 2.24) is 4.90 Å². The number of carbonyl (C=O) groups is 1. The predicted molar refractivity (Wildman–Crippen MR) is 69.9 cm³/mol. The molecule has 2 heterocycles. The molecule has 2 aliphatic heterocycles. The minimum Gasteiger partial charge on any atom is -0.452 e. The van der Waals surface area contributed by atoms with Crippen molar-refractivity contribution in [1.29, 1.82) is 0 Å². The Hall–Kier alpha value is -1.25. The average molecular weight is 247 g/mol. The SMILES string of the molecule is C=C1CCCC[C@@H]1[C@H]1OC(=O)C=C1N1CCCC1. The van der Waals surface area contributed by atoms with E-state index in [0.717, 1.165) is 31.6 Å². The summed E-state index contributed by atoms with van der Waals surface area (Å²) in [6.45, 7) is 6.32. The van der Waals surface area contributed by atoms with E-state index in [1.54, 1.807) is 6.08 Å². The van der Waals surface area contributed by atoms with Crippen LogP contribution in [-0.4, -0.2) is 30.1 Å². The first-order chi connectivity index (χ1) is 8.75. The van der Waals surface area contributed by atoms with Crippen LogP contribution in [0.2, 0.25) is 0 Å². The van der Waals surface area contributed by atoms with E-state index in [-0.39, 0.29) is 12.1 Å². The Kier molecular flexibility index (Phi) is 3.14. The number of hydrogen-bond acceptors (Lipinski definition) is 3. The Bertz CT molecular complexity index is 393. The summed E-state index contributed by atoms with van der Waals surface area (Å²) in [5, 5.41) is 0. The number of ether oxygens (including phenoxy) is 1. The lowest BCUT2D eigenvalue weighted by atomic mass is 9.80. The van der Waals surface area contributed by atoms with Gasteiger partial charge in [-0.2, -0.15) is 0 Å². The summed E-state index contributed by atoms with van der Waals surface area (Å²) in [5.41, 5.74) is 2.39. The van der Waals surface area contributed by atoms with E-state index in [4.69, 9.17) is 4.74 Å². The number of hydrogen-bond donors (Lipinski definition) is 0. The van der Waals surface area contributed by atoms with E-state index in [9.17, 15) is 4.79 Å². The van der Waals surface area contributed by atoms with Gasteiger partial charge in [0, 0.05) is 25.1 Å². The molecule has 0 amide bonds. The molecule has 0 aromatic carbocycles. The molecule has 0 aromatic heterocycles. The molecule has 18 heavy (non-hydrogen) atoms. The van der Waals surface area contributed by atoms with E-state index in [0.29, 0.717) is 5.92 Å². The number of likely N-dealkylation sites (tertiary alicyclic amines) is 1. The second-order valence-corrected chi connectivity index (χ2v) is 5.63. The molecule has 1 saturated heterocycles. The summed E-state index contributed by atoms with van der Waals surface area (Å²) in [7, 11) is 0. The minimum absolute atomic E-state index is 0.0524. The minimum atomic E-state index is -0.166. The lowest BCUT2D eigenvalue weighted by Crippen LogP contribution is -2.33. The van der Waals surface area contributed by atoms with Crippen LogP contribution in [0.5, 0.6) is 0 Å². The predicted octanol–water partition coefficient (Wildman–Crippen LogP) is 2.64. The van der Waals surface area contributed by atoms with Crippen molar-refractivity contribution in [2.75, 3.05) is 13.1 Å². The quantitative estimate of drug-likeness (QED) is 0.555. The number of nitrogens with zero attached hydrogens (tertiary/aromatic N) is 1. The van der Waals surface area contributed by atoms with Gasteiger partial charge < -0.3 is 9.64 Å². The molecule has 1 aliphatic carbocycles. The van der Waals surface area contributed by atoms with Crippen LogP contribution in [-0.2, 0) is 9.53 Å². The summed E-state index contributed by atoms with van der Waals surface area (Å²) in [4.78, 5) is 13.9. The number of carbonyl (C=O) groups excluding carboxylic acids is 1. The van der Waals surface area contributed by atoms with Crippen LogP contribution in [0.15, 0.2) is 23.9 Å². The molecular weight excluding hydrogens is 226 g/mol. The van der Waals surface area contributed by atoms with Gasteiger partial charge in [-0.3, -0.25) is 0 Å². The maximum Gasteiger partial charge on any atom is 0.333 e. The molecular formula is C15H21NO2. The van der Waals surface area contributed by atoms with E-state index in [1.807, 2.05) is 0 Å². The van der Waals surface area contributed by atoms with Crippen LogP contribution in [0.25, 0.3) is 0 Å². The maximum atomic E-state index is 11.6. The first-order valence-corrected chi connectivity index (χ1v) is 7.10. The largest absolute Gasteiger partial charge is 0.452 e. The van der Waals surface area contributed by atoms with Gasteiger partial charge in [-0.1, -0.05) is 18.6 Å². The first kappa shape index (κ1) is 11.8. The average Bonchev–Trinajstić information content (AvgIpc) is 2.98. The zero-order chi connectivity index (χ0) is 12.5. The topological polar surface area (TPSA) is 29.5 Å². The molecule has 0 unspecified atom stereocenters. The van der Waals surface area contributed by atoms with Crippen LogP contribution in [0, 0.1) is 5.92 Å². The molecule has 2 fully saturated rings. The smallest absolute Gasteiger partial charge is 0.333 e. The molecule has 0 N–H and O–H groups in total. The van der Waals surface area contributed by atoms with Crippen molar-refractivity contribution in [3.05, 3.63) is 23.9 Å². The van der Waals surface area contributed by atoms with Gasteiger partial charge in [0.05, 0.1) is 5.70 Å². The lowest BCUT2D eigenvalue weighted by Gasteiger charge is -2.33. The second kappa shape index (κ2) is 4.79. The molecule has 3 aliphatic rings. The molecule has 0 radical (unpaired) electrons. The van der Waals surface area contributed by atoms with E-state index < -0.39 is 0 Å². The van der Waals surface area contributed by atoms with Gasteiger partial charge in [-0.05, 0) is 32.1 Å². The van der Waals surface area contributed by atoms with Gasteiger partial charge in [-0.25, -0.2) is 4.79 Å². The fraction of sp³-hybridized carbons (Fsp3) is 0.667. The van der Waals surface area contributed by atoms with Gasteiger partial charge in [0.25, 0.3) is 0 Å². The van der Waals surface area contributed by atoms with Gasteiger partial charge in [-0.15, -0.1) is 0 Å². The van der Waals surface area contributed by atoms with Crippen LogP contribution in [0.4, 0.5) is 0 Å². The van der Waals surface area contributed by atoms with E-state index in [2.05, 4.69) is 11.5 Å². The third-order valence-electron chi connectivity index (χ3n) is 4.42. The van der Waals surface area contributed by atoms with Crippen molar-refractivity contribution >= 4 is 5.97 Å². The van der Waals surface area contributed by atoms with Gasteiger partial charge in [0.15, 0.2) is 0 Å².